The molecule has 1 N–H and O–H groups in total. The van der Waals surface area contributed by atoms with Crippen LogP contribution in [0.4, 0.5) is 5.69 Å². The number of hydrogen-bond donors (Lipinski definition) is 1. The maximum absolute atomic E-state index is 12.0. The second-order valence-corrected chi connectivity index (χ2v) is 6.77. The Hall–Kier alpha value is -2.22. The quantitative estimate of drug-likeness (QED) is 0.570. The molecule has 0 saturated carbocycles. The van der Waals surface area contributed by atoms with Gasteiger partial charge in [-0.25, -0.2) is 0 Å². The lowest BCUT2D eigenvalue weighted by atomic mass is 10.3. The van der Waals surface area contributed by atoms with Crippen molar-refractivity contribution in [2.75, 3.05) is 11.1 Å². The number of anilines is 1. The number of aromatic nitrogens is 2. The maximum atomic E-state index is 12.0. The second-order valence-electron chi connectivity index (χ2n) is 5.03. The van der Waals surface area contributed by atoms with Crippen LogP contribution in [-0.4, -0.2) is 21.9 Å². The van der Waals surface area contributed by atoms with Gasteiger partial charge in [-0.05, 0) is 30.3 Å². The van der Waals surface area contributed by atoms with E-state index in [4.69, 9.17) is 32.4 Å². The van der Waals surface area contributed by atoms with Crippen molar-refractivity contribution in [3.8, 4) is 5.75 Å². The lowest BCUT2D eigenvalue weighted by Gasteiger charge is -2.05. The number of amides is 1. The summed E-state index contributed by atoms with van der Waals surface area (Å²) in [7, 11) is 0. The van der Waals surface area contributed by atoms with Crippen LogP contribution in [0.1, 0.15) is 5.89 Å². The molecule has 0 aliphatic rings. The molecular weight excluding hydrogens is 397 g/mol. The normalized spacial score (nSPS) is 10.5. The Morgan fingerprint density at radius 3 is 2.69 bits per heavy atom. The van der Waals surface area contributed by atoms with Crippen molar-refractivity contribution in [1.29, 1.82) is 0 Å². The Balaban J connectivity index is 1.46. The highest BCUT2D eigenvalue weighted by atomic mass is 35.5. The zero-order valence-corrected chi connectivity index (χ0v) is 15.6. The second kappa shape index (κ2) is 8.93. The van der Waals surface area contributed by atoms with Crippen LogP contribution in [0, 0.1) is 0 Å². The van der Waals surface area contributed by atoms with Crippen molar-refractivity contribution in [2.45, 2.75) is 11.8 Å². The smallest absolute Gasteiger partial charge is 0.277 e. The van der Waals surface area contributed by atoms with Gasteiger partial charge in [0, 0.05) is 5.69 Å². The van der Waals surface area contributed by atoms with Gasteiger partial charge in [-0.2, -0.15) is 0 Å². The molecule has 134 valence electrons. The Labute approximate surface area is 163 Å². The van der Waals surface area contributed by atoms with Crippen LogP contribution in [-0.2, 0) is 11.4 Å². The number of hydrogen-bond acceptors (Lipinski definition) is 6. The van der Waals surface area contributed by atoms with Crippen molar-refractivity contribution in [1.82, 2.24) is 10.2 Å². The van der Waals surface area contributed by atoms with Crippen molar-refractivity contribution in [3.05, 3.63) is 64.5 Å². The van der Waals surface area contributed by atoms with E-state index in [2.05, 4.69) is 15.5 Å². The molecule has 1 aromatic heterocycles. The van der Waals surface area contributed by atoms with Gasteiger partial charge in [0.1, 0.15) is 5.75 Å². The first kappa shape index (κ1) is 18.6. The van der Waals surface area contributed by atoms with Gasteiger partial charge >= 0.3 is 0 Å². The molecule has 2 aromatic carbocycles. The van der Waals surface area contributed by atoms with Crippen LogP contribution in [0.25, 0.3) is 0 Å². The van der Waals surface area contributed by atoms with Gasteiger partial charge in [0.25, 0.3) is 11.1 Å². The number of rotatable bonds is 7. The zero-order chi connectivity index (χ0) is 18.4. The first-order valence-corrected chi connectivity index (χ1v) is 9.22. The molecule has 1 heterocycles. The van der Waals surface area contributed by atoms with E-state index in [1.54, 1.807) is 18.2 Å². The van der Waals surface area contributed by atoms with Gasteiger partial charge in [0.05, 0.1) is 15.8 Å². The van der Waals surface area contributed by atoms with Crippen LogP contribution in [0.2, 0.25) is 10.0 Å². The molecule has 0 aliphatic heterocycles. The Morgan fingerprint density at radius 2 is 1.92 bits per heavy atom. The number of para-hydroxylation sites is 1. The molecule has 6 nitrogen and oxygen atoms in total. The maximum Gasteiger partial charge on any atom is 0.277 e. The summed E-state index contributed by atoms with van der Waals surface area (Å²) in [6.07, 6.45) is 0. The summed E-state index contributed by atoms with van der Waals surface area (Å²) in [5.41, 5.74) is 0.562. The summed E-state index contributed by atoms with van der Waals surface area (Å²) >= 11 is 12.9. The third-order valence-corrected chi connectivity index (χ3v) is 4.64. The van der Waals surface area contributed by atoms with E-state index in [9.17, 15) is 4.79 Å². The lowest BCUT2D eigenvalue weighted by Crippen LogP contribution is -2.13. The number of nitrogens with one attached hydrogen (secondary N) is 1. The molecule has 0 radical (unpaired) electrons. The largest absolute Gasteiger partial charge is 0.484 e. The van der Waals surface area contributed by atoms with Crippen LogP contribution in [0.5, 0.6) is 5.75 Å². The first-order valence-electron chi connectivity index (χ1n) is 7.48. The van der Waals surface area contributed by atoms with Gasteiger partial charge < -0.3 is 14.5 Å². The summed E-state index contributed by atoms with van der Waals surface area (Å²) in [5, 5.41) is 11.6. The number of benzene rings is 2. The number of halogens is 2. The topological polar surface area (TPSA) is 77.2 Å². The predicted octanol–water partition coefficient (Wildman–Crippen LogP) is 4.69. The Morgan fingerprint density at radius 1 is 1.12 bits per heavy atom. The summed E-state index contributed by atoms with van der Waals surface area (Å²) in [6, 6.07) is 14.2. The highest BCUT2D eigenvalue weighted by Gasteiger charge is 2.11. The molecular formula is C17H13Cl2N3O3S. The third-order valence-electron chi connectivity index (χ3n) is 3.08. The fourth-order valence-electron chi connectivity index (χ4n) is 1.91. The number of ether oxygens (including phenoxy) is 1. The van der Waals surface area contributed by atoms with Gasteiger partial charge in [0.2, 0.25) is 5.91 Å². The Kier molecular flexibility index (Phi) is 6.38. The first-order chi connectivity index (χ1) is 12.6. The Bertz CT molecular complexity index is 890. The molecule has 3 rings (SSSR count). The molecule has 0 atom stereocenters. The standard InChI is InChI=1S/C17H13Cl2N3O3S/c18-13-7-6-11(8-14(13)19)20-15(23)10-26-17-22-21-16(25-17)9-24-12-4-2-1-3-5-12/h1-8H,9-10H2,(H,20,23). The van der Waals surface area contributed by atoms with Crippen LogP contribution >= 0.6 is 35.0 Å². The molecule has 1 amide bonds. The highest BCUT2D eigenvalue weighted by Crippen LogP contribution is 2.25. The summed E-state index contributed by atoms with van der Waals surface area (Å²) < 4.78 is 11.0. The lowest BCUT2D eigenvalue weighted by molar-refractivity contribution is -0.113. The SMILES string of the molecule is O=C(CSc1nnc(COc2ccccc2)o1)Nc1ccc(Cl)c(Cl)c1. The number of thioether (sulfide) groups is 1. The monoisotopic (exact) mass is 409 g/mol. The van der Waals surface area contributed by atoms with E-state index >= 15 is 0 Å². The van der Waals surface area contributed by atoms with E-state index in [1.165, 1.54) is 0 Å². The minimum Gasteiger partial charge on any atom is -0.484 e. The predicted molar refractivity (Wildman–Crippen MR) is 101 cm³/mol. The van der Waals surface area contributed by atoms with Crippen LogP contribution in [0.15, 0.2) is 58.2 Å². The summed E-state index contributed by atoms with van der Waals surface area (Å²) in [6.45, 7) is 0.160. The molecule has 0 saturated heterocycles. The molecule has 0 fully saturated rings. The van der Waals surface area contributed by atoms with E-state index in [-0.39, 0.29) is 18.3 Å². The molecule has 0 aliphatic carbocycles. The van der Waals surface area contributed by atoms with Gasteiger partial charge in [0.15, 0.2) is 6.61 Å². The highest BCUT2D eigenvalue weighted by molar-refractivity contribution is 7.99. The molecule has 0 unspecified atom stereocenters. The minimum atomic E-state index is -0.228. The number of carbonyl (C=O) groups excluding carboxylic acids is 1. The molecule has 0 spiro atoms. The van der Waals surface area contributed by atoms with E-state index < -0.39 is 0 Å². The van der Waals surface area contributed by atoms with Crippen molar-refractivity contribution < 1.29 is 13.9 Å². The molecule has 26 heavy (non-hydrogen) atoms. The van der Waals surface area contributed by atoms with Crippen molar-refractivity contribution >= 4 is 46.6 Å². The summed E-state index contributed by atoms with van der Waals surface area (Å²) in [5.74, 6) is 0.928. The van der Waals surface area contributed by atoms with Gasteiger partial charge in [-0.15, -0.1) is 10.2 Å². The number of nitrogens with zero attached hydrogens (tertiary/aromatic N) is 2. The van der Waals surface area contributed by atoms with E-state index in [0.717, 1.165) is 11.8 Å². The average Bonchev–Trinajstić information content (AvgIpc) is 3.10. The van der Waals surface area contributed by atoms with Crippen molar-refractivity contribution in [2.24, 2.45) is 0 Å². The number of carbonyl (C=O) groups is 1. The van der Waals surface area contributed by atoms with E-state index in [0.29, 0.717) is 32.6 Å². The fourth-order valence-corrected chi connectivity index (χ4v) is 2.79. The van der Waals surface area contributed by atoms with Crippen LogP contribution < -0.4 is 10.1 Å². The van der Waals surface area contributed by atoms with E-state index in [1.807, 2.05) is 30.3 Å². The molecule has 9 heteroatoms. The summed E-state index contributed by atoms with van der Waals surface area (Å²) in [4.78, 5) is 12.0. The minimum absolute atomic E-state index is 0.113. The van der Waals surface area contributed by atoms with Gasteiger partial charge in [-0.1, -0.05) is 53.2 Å². The zero-order valence-electron chi connectivity index (χ0n) is 13.3. The fraction of sp³-hybridized carbons (Fsp3) is 0.118. The van der Waals surface area contributed by atoms with Crippen LogP contribution in [0.3, 0.4) is 0 Å². The van der Waals surface area contributed by atoms with Gasteiger partial charge in [-0.3, -0.25) is 4.79 Å². The van der Waals surface area contributed by atoms with Crippen molar-refractivity contribution in [3.63, 3.8) is 0 Å². The average molecular weight is 410 g/mol. The molecule has 3 aromatic rings. The third kappa shape index (κ3) is 5.39. The molecule has 0 bridgehead atoms.